The van der Waals surface area contributed by atoms with Crippen molar-refractivity contribution in [2.24, 2.45) is 0 Å². The maximum Gasteiger partial charge on any atom is 0.125 e. The molecule has 1 aromatic heterocycles. The Labute approximate surface area is 105 Å². The van der Waals surface area contributed by atoms with E-state index in [-0.39, 0.29) is 5.82 Å². The summed E-state index contributed by atoms with van der Waals surface area (Å²) >= 11 is 0. The van der Waals surface area contributed by atoms with E-state index in [1.165, 1.54) is 12.1 Å². The second-order valence-corrected chi connectivity index (χ2v) is 3.97. The molecule has 0 fully saturated rings. The fourth-order valence-corrected chi connectivity index (χ4v) is 1.60. The molecule has 2 aromatic rings. The van der Waals surface area contributed by atoms with Gasteiger partial charge in [-0.05, 0) is 24.3 Å². The summed E-state index contributed by atoms with van der Waals surface area (Å²) in [5.74, 6) is -0.329. The Morgan fingerprint density at radius 2 is 2.11 bits per heavy atom. The molecule has 0 aliphatic carbocycles. The van der Waals surface area contributed by atoms with Crippen molar-refractivity contribution in [3.8, 4) is 0 Å². The highest BCUT2D eigenvalue weighted by atomic mass is 19.1. The highest BCUT2D eigenvalue weighted by Gasteiger charge is 2.01. The first-order chi connectivity index (χ1) is 8.75. The highest BCUT2D eigenvalue weighted by Crippen LogP contribution is 2.14. The summed E-state index contributed by atoms with van der Waals surface area (Å²) in [5.41, 5.74) is 7.90. The Hall–Kier alpha value is -1.94. The predicted molar refractivity (Wildman–Crippen MR) is 68.4 cm³/mol. The molecule has 1 heterocycles. The Morgan fingerprint density at radius 1 is 1.22 bits per heavy atom. The smallest absolute Gasteiger partial charge is 0.125 e. The fourth-order valence-electron chi connectivity index (χ4n) is 1.60. The second-order valence-electron chi connectivity index (χ2n) is 3.97. The van der Waals surface area contributed by atoms with Crippen molar-refractivity contribution in [3.05, 3.63) is 59.7 Å². The molecule has 4 heteroatoms. The molecular formula is C14H15FN2O. The summed E-state index contributed by atoms with van der Waals surface area (Å²) in [6, 6.07) is 10.1. The van der Waals surface area contributed by atoms with Crippen molar-refractivity contribution in [1.29, 1.82) is 0 Å². The Balaban J connectivity index is 1.79. The zero-order valence-electron chi connectivity index (χ0n) is 9.97. The Kier molecular flexibility index (Phi) is 4.25. The number of benzene rings is 1. The van der Waals surface area contributed by atoms with Crippen LogP contribution in [-0.2, 0) is 17.8 Å². The highest BCUT2D eigenvalue weighted by molar-refractivity contribution is 5.46. The number of hydrogen-bond donors (Lipinski definition) is 1. The molecule has 0 saturated carbocycles. The predicted octanol–water partition coefficient (Wildman–Crippen LogP) is 2.56. The number of pyridine rings is 1. The van der Waals surface area contributed by atoms with Gasteiger partial charge in [0.2, 0.25) is 0 Å². The summed E-state index contributed by atoms with van der Waals surface area (Å²) in [5, 5.41) is 0. The van der Waals surface area contributed by atoms with Crippen molar-refractivity contribution in [2.45, 2.75) is 13.0 Å². The van der Waals surface area contributed by atoms with Crippen LogP contribution in [0, 0.1) is 5.82 Å². The van der Waals surface area contributed by atoms with E-state index in [0.29, 0.717) is 18.9 Å². The summed E-state index contributed by atoms with van der Waals surface area (Å²) < 4.78 is 18.3. The standard InChI is InChI=1S/C14H15FN2O/c15-12-5-4-11(14(16)9-12)10-18-8-6-13-3-1-2-7-17-13/h1-5,7,9H,6,8,10,16H2. The van der Waals surface area contributed by atoms with Gasteiger partial charge in [0.05, 0.1) is 13.2 Å². The molecule has 0 unspecified atom stereocenters. The van der Waals surface area contributed by atoms with E-state index in [9.17, 15) is 4.39 Å². The topological polar surface area (TPSA) is 48.1 Å². The quantitative estimate of drug-likeness (QED) is 0.651. The van der Waals surface area contributed by atoms with E-state index >= 15 is 0 Å². The molecule has 0 atom stereocenters. The maximum atomic E-state index is 12.8. The van der Waals surface area contributed by atoms with Gasteiger partial charge in [-0.2, -0.15) is 0 Å². The Morgan fingerprint density at radius 3 is 2.83 bits per heavy atom. The van der Waals surface area contributed by atoms with Gasteiger partial charge in [-0.25, -0.2) is 4.39 Å². The van der Waals surface area contributed by atoms with Gasteiger partial charge in [-0.3, -0.25) is 4.98 Å². The number of anilines is 1. The minimum Gasteiger partial charge on any atom is -0.398 e. The van der Waals surface area contributed by atoms with E-state index in [1.807, 2.05) is 18.2 Å². The fraction of sp³-hybridized carbons (Fsp3) is 0.214. The third-order valence-electron chi connectivity index (χ3n) is 2.59. The van der Waals surface area contributed by atoms with Gasteiger partial charge < -0.3 is 10.5 Å². The molecule has 0 aliphatic rings. The van der Waals surface area contributed by atoms with E-state index in [2.05, 4.69) is 4.98 Å². The molecular weight excluding hydrogens is 231 g/mol. The minimum absolute atomic E-state index is 0.329. The van der Waals surface area contributed by atoms with Crippen molar-refractivity contribution in [1.82, 2.24) is 4.98 Å². The van der Waals surface area contributed by atoms with Crippen LogP contribution in [0.3, 0.4) is 0 Å². The van der Waals surface area contributed by atoms with Crippen LogP contribution in [0.1, 0.15) is 11.3 Å². The number of nitrogen functional groups attached to an aromatic ring is 1. The van der Waals surface area contributed by atoms with E-state index in [1.54, 1.807) is 12.3 Å². The zero-order valence-corrected chi connectivity index (χ0v) is 9.97. The number of rotatable bonds is 5. The molecule has 0 saturated heterocycles. The molecule has 0 radical (unpaired) electrons. The van der Waals surface area contributed by atoms with Crippen LogP contribution in [0.2, 0.25) is 0 Å². The van der Waals surface area contributed by atoms with Crippen LogP contribution >= 0.6 is 0 Å². The van der Waals surface area contributed by atoms with Crippen molar-refractivity contribution < 1.29 is 9.13 Å². The summed E-state index contributed by atoms with van der Waals surface area (Å²) in [4.78, 5) is 4.20. The molecule has 18 heavy (non-hydrogen) atoms. The van der Waals surface area contributed by atoms with Gasteiger partial charge in [0.25, 0.3) is 0 Å². The van der Waals surface area contributed by atoms with Crippen LogP contribution in [0.5, 0.6) is 0 Å². The first-order valence-electron chi connectivity index (χ1n) is 5.77. The number of hydrogen-bond acceptors (Lipinski definition) is 3. The number of halogens is 1. The normalized spacial score (nSPS) is 10.5. The minimum atomic E-state index is -0.329. The molecule has 0 amide bonds. The lowest BCUT2D eigenvalue weighted by atomic mass is 10.2. The second kappa shape index (κ2) is 6.12. The van der Waals surface area contributed by atoms with E-state index < -0.39 is 0 Å². The lowest BCUT2D eigenvalue weighted by Gasteiger charge is -2.07. The number of nitrogens with zero attached hydrogens (tertiary/aromatic N) is 1. The lowest BCUT2D eigenvalue weighted by Crippen LogP contribution is -2.02. The van der Waals surface area contributed by atoms with Crippen LogP contribution < -0.4 is 5.73 Å². The van der Waals surface area contributed by atoms with Gasteiger partial charge in [0.15, 0.2) is 0 Å². The molecule has 0 spiro atoms. The van der Waals surface area contributed by atoms with Gasteiger partial charge in [-0.15, -0.1) is 0 Å². The zero-order chi connectivity index (χ0) is 12.8. The number of aromatic nitrogens is 1. The first-order valence-corrected chi connectivity index (χ1v) is 5.77. The van der Waals surface area contributed by atoms with Crippen LogP contribution in [0.25, 0.3) is 0 Å². The van der Waals surface area contributed by atoms with Crippen molar-refractivity contribution >= 4 is 5.69 Å². The summed E-state index contributed by atoms with van der Waals surface area (Å²) in [6.07, 6.45) is 2.51. The van der Waals surface area contributed by atoms with Gasteiger partial charge in [0, 0.05) is 29.6 Å². The third kappa shape index (κ3) is 3.53. The Bertz CT molecular complexity index is 502. The van der Waals surface area contributed by atoms with Crippen molar-refractivity contribution in [2.75, 3.05) is 12.3 Å². The number of ether oxygens (including phenoxy) is 1. The summed E-state index contributed by atoms with van der Waals surface area (Å²) in [7, 11) is 0. The van der Waals surface area contributed by atoms with Crippen LogP contribution in [0.4, 0.5) is 10.1 Å². The number of nitrogens with two attached hydrogens (primary N) is 1. The maximum absolute atomic E-state index is 12.8. The summed E-state index contributed by atoms with van der Waals surface area (Å²) in [6.45, 7) is 0.951. The SMILES string of the molecule is Nc1cc(F)ccc1COCCc1ccccn1. The van der Waals surface area contributed by atoms with E-state index in [0.717, 1.165) is 17.7 Å². The average molecular weight is 246 g/mol. The largest absolute Gasteiger partial charge is 0.398 e. The lowest BCUT2D eigenvalue weighted by molar-refractivity contribution is 0.123. The average Bonchev–Trinajstić information content (AvgIpc) is 2.38. The third-order valence-corrected chi connectivity index (χ3v) is 2.59. The molecule has 0 bridgehead atoms. The molecule has 2 rings (SSSR count). The van der Waals surface area contributed by atoms with Gasteiger partial charge in [-0.1, -0.05) is 12.1 Å². The first kappa shape index (κ1) is 12.5. The van der Waals surface area contributed by atoms with Crippen LogP contribution in [0.15, 0.2) is 42.6 Å². The molecule has 1 aromatic carbocycles. The van der Waals surface area contributed by atoms with Gasteiger partial charge in [0.1, 0.15) is 5.82 Å². The van der Waals surface area contributed by atoms with E-state index in [4.69, 9.17) is 10.5 Å². The molecule has 0 aliphatic heterocycles. The molecule has 2 N–H and O–H groups in total. The van der Waals surface area contributed by atoms with Crippen LogP contribution in [-0.4, -0.2) is 11.6 Å². The molecule has 3 nitrogen and oxygen atoms in total. The monoisotopic (exact) mass is 246 g/mol. The molecule has 94 valence electrons. The van der Waals surface area contributed by atoms with Crippen molar-refractivity contribution in [3.63, 3.8) is 0 Å². The van der Waals surface area contributed by atoms with Gasteiger partial charge >= 0.3 is 0 Å².